The molecule has 0 fully saturated rings. The second kappa shape index (κ2) is 11.2. The van der Waals surface area contributed by atoms with E-state index < -0.39 is 5.91 Å². The molecule has 0 bridgehead atoms. The summed E-state index contributed by atoms with van der Waals surface area (Å²) in [7, 11) is 0. The molecule has 4 aromatic rings. The van der Waals surface area contributed by atoms with Gasteiger partial charge >= 0.3 is 0 Å². The van der Waals surface area contributed by atoms with Crippen molar-refractivity contribution in [2.45, 2.75) is 13.5 Å². The van der Waals surface area contributed by atoms with Gasteiger partial charge in [0.05, 0.1) is 17.3 Å². The maximum Gasteiger partial charge on any atom is 0.262 e. The Morgan fingerprint density at radius 2 is 1.83 bits per heavy atom. The van der Waals surface area contributed by atoms with E-state index in [1.807, 2.05) is 79.7 Å². The van der Waals surface area contributed by atoms with Crippen molar-refractivity contribution in [3.8, 4) is 28.8 Å². The lowest BCUT2D eigenvalue weighted by Crippen LogP contribution is -2.23. The minimum atomic E-state index is -0.459. The smallest absolute Gasteiger partial charge is 0.262 e. The second-order valence-electron chi connectivity index (χ2n) is 7.63. The molecule has 0 aliphatic rings. The van der Waals surface area contributed by atoms with Crippen LogP contribution in [-0.2, 0) is 11.3 Å². The molecule has 1 aromatic heterocycles. The van der Waals surface area contributed by atoms with Crippen LogP contribution in [0.2, 0.25) is 5.02 Å². The first-order chi connectivity index (χ1) is 17.1. The van der Waals surface area contributed by atoms with Gasteiger partial charge in [-0.25, -0.2) is 4.68 Å². The number of ether oxygens (including phenoxy) is 1. The van der Waals surface area contributed by atoms with Gasteiger partial charge in [0.15, 0.2) is 0 Å². The van der Waals surface area contributed by atoms with Crippen LogP contribution in [-0.4, -0.2) is 22.3 Å². The van der Waals surface area contributed by atoms with Crippen LogP contribution in [0.4, 0.5) is 0 Å². The van der Waals surface area contributed by atoms with E-state index in [0.29, 0.717) is 35.2 Å². The van der Waals surface area contributed by atoms with E-state index in [0.717, 1.165) is 16.8 Å². The topological polar surface area (TPSA) is 79.9 Å². The summed E-state index contributed by atoms with van der Waals surface area (Å²) in [5.41, 5.74) is 3.70. The lowest BCUT2D eigenvalue weighted by molar-refractivity contribution is -0.117. The highest BCUT2D eigenvalue weighted by Gasteiger charge is 2.16. The molecule has 1 amide bonds. The van der Waals surface area contributed by atoms with Crippen molar-refractivity contribution in [3.05, 3.63) is 107 Å². The summed E-state index contributed by atoms with van der Waals surface area (Å²) in [4.78, 5) is 12.8. The average molecular weight is 483 g/mol. The Bertz CT molecular complexity index is 1390. The maximum atomic E-state index is 12.8. The first-order valence-electron chi connectivity index (χ1n) is 11.1. The van der Waals surface area contributed by atoms with Crippen LogP contribution in [0.1, 0.15) is 18.1 Å². The summed E-state index contributed by atoms with van der Waals surface area (Å²) in [6, 6.07) is 26.5. The predicted molar refractivity (Wildman–Crippen MR) is 137 cm³/mol. The van der Waals surface area contributed by atoms with Crippen LogP contribution in [0.5, 0.6) is 5.75 Å². The zero-order chi connectivity index (χ0) is 24.6. The predicted octanol–water partition coefficient (Wildman–Crippen LogP) is 5.81. The first-order valence-corrected chi connectivity index (χ1v) is 11.5. The summed E-state index contributed by atoms with van der Waals surface area (Å²) in [6.07, 6.45) is 3.34. The van der Waals surface area contributed by atoms with Crippen molar-refractivity contribution in [1.29, 1.82) is 5.26 Å². The van der Waals surface area contributed by atoms with Crippen molar-refractivity contribution < 1.29 is 9.53 Å². The molecule has 6 nitrogen and oxygen atoms in total. The fourth-order valence-corrected chi connectivity index (χ4v) is 3.76. The van der Waals surface area contributed by atoms with Crippen molar-refractivity contribution in [2.24, 2.45) is 0 Å². The monoisotopic (exact) mass is 482 g/mol. The lowest BCUT2D eigenvalue weighted by Gasteiger charge is -2.07. The molecular weight excluding hydrogens is 460 g/mol. The Kier molecular flexibility index (Phi) is 7.61. The van der Waals surface area contributed by atoms with E-state index in [4.69, 9.17) is 21.4 Å². The van der Waals surface area contributed by atoms with Crippen LogP contribution >= 0.6 is 11.6 Å². The number of aromatic nitrogens is 2. The maximum absolute atomic E-state index is 12.8. The number of para-hydroxylation sites is 1. The Hall–Kier alpha value is -4.34. The molecule has 0 aliphatic heterocycles. The van der Waals surface area contributed by atoms with Crippen molar-refractivity contribution >= 4 is 23.6 Å². The SMILES string of the molecule is CCOc1ccc(-c2nn(-c3ccccc3)cc2C=C(C#N)C(=O)NCc2ccccc2)cc1Cl. The van der Waals surface area contributed by atoms with E-state index >= 15 is 0 Å². The number of halogens is 1. The van der Waals surface area contributed by atoms with E-state index in [9.17, 15) is 10.1 Å². The molecule has 0 saturated heterocycles. The van der Waals surface area contributed by atoms with Crippen LogP contribution < -0.4 is 10.1 Å². The van der Waals surface area contributed by atoms with Gasteiger partial charge in [0.2, 0.25) is 0 Å². The van der Waals surface area contributed by atoms with Gasteiger partial charge in [0.1, 0.15) is 23.1 Å². The average Bonchev–Trinajstić information content (AvgIpc) is 3.32. The van der Waals surface area contributed by atoms with Crippen LogP contribution in [0.3, 0.4) is 0 Å². The van der Waals surface area contributed by atoms with Crippen LogP contribution in [0, 0.1) is 11.3 Å². The summed E-state index contributed by atoms with van der Waals surface area (Å²) in [6.45, 7) is 2.71. The number of carbonyl (C=O) groups excluding carboxylic acids is 1. The summed E-state index contributed by atoms with van der Waals surface area (Å²) < 4.78 is 7.25. The minimum Gasteiger partial charge on any atom is -0.492 e. The number of nitrogens with zero attached hydrogens (tertiary/aromatic N) is 3. The number of nitrogens with one attached hydrogen (secondary N) is 1. The largest absolute Gasteiger partial charge is 0.492 e. The third-order valence-corrected chi connectivity index (χ3v) is 5.52. The van der Waals surface area contributed by atoms with Crippen LogP contribution in [0.15, 0.2) is 90.6 Å². The quantitative estimate of drug-likeness (QED) is 0.253. The number of rotatable bonds is 8. The van der Waals surface area contributed by atoms with Gasteiger partial charge in [-0.1, -0.05) is 60.1 Å². The van der Waals surface area contributed by atoms with Gasteiger partial charge in [0, 0.05) is 23.9 Å². The number of hydrogen-bond donors (Lipinski definition) is 1. The van der Waals surface area contributed by atoms with Gasteiger partial charge in [-0.15, -0.1) is 0 Å². The number of amides is 1. The molecule has 1 N–H and O–H groups in total. The van der Waals surface area contributed by atoms with Crippen molar-refractivity contribution in [1.82, 2.24) is 15.1 Å². The van der Waals surface area contributed by atoms with Gasteiger partial charge in [-0.05, 0) is 48.9 Å². The molecule has 1 heterocycles. The Labute approximate surface area is 209 Å². The third-order valence-electron chi connectivity index (χ3n) is 5.23. The molecule has 174 valence electrons. The highest BCUT2D eigenvalue weighted by molar-refractivity contribution is 6.32. The lowest BCUT2D eigenvalue weighted by atomic mass is 10.1. The van der Waals surface area contributed by atoms with Gasteiger partial charge in [-0.2, -0.15) is 10.4 Å². The van der Waals surface area contributed by atoms with Crippen LogP contribution in [0.25, 0.3) is 23.0 Å². The van der Waals surface area contributed by atoms with Crippen molar-refractivity contribution in [3.63, 3.8) is 0 Å². The highest BCUT2D eigenvalue weighted by atomic mass is 35.5. The zero-order valence-corrected chi connectivity index (χ0v) is 19.9. The number of benzene rings is 3. The molecule has 0 spiro atoms. The first kappa shape index (κ1) is 23.8. The standard InChI is InChI=1S/C28H23ClN4O2/c1-2-35-26-14-13-21(16-25(26)29)27-23(19-33(32-27)24-11-7-4-8-12-24)15-22(17-30)28(34)31-18-20-9-5-3-6-10-20/h3-16,19H,2,18H2,1H3,(H,31,34). The van der Waals surface area contributed by atoms with E-state index in [2.05, 4.69) is 5.32 Å². The fraction of sp³-hybridized carbons (Fsp3) is 0.107. The Morgan fingerprint density at radius 1 is 1.11 bits per heavy atom. The molecule has 4 rings (SSSR count). The molecule has 0 atom stereocenters. The Morgan fingerprint density at radius 3 is 2.49 bits per heavy atom. The van der Waals surface area contributed by atoms with E-state index in [1.165, 1.54) is 0 Å². The van der Waals surface area contributed by atoms with Crippen molar-refractivity contribution in [2.75, 3.05) is 6.61 Å². The summed E-state index contributed by atoms with van der Waals surface area (Å²) in [5, 5.41) is 17.7. The second-order valence-corrected chi connectivity index (χ2v) is 8.04. The van der Waals surface area contributed by atoms with Gasteiger partial charge in [0.25, 0.3) is 5.91 Å². The summed E-state index contributed by atoms with van der Waals surface area (Å²) in [5.74, 6) is 0.120. The molecule has 0 unspecified atom stereocenters. The molecule has 0 radical (unpaired) electrons. The zero-order valence-electron chi connectivity index (χ0n) is 19.1. The summed E-state index contributed by atoms with van der Waals surface area (Å²) >= 11 is 6.43. The third kappa shape index (κ3) is 5.78. The van der Waals surface area contributed by atoms with E-state index in [1.54, 1.807) is 29.1 Å². The molecule has 7 heteroatoms. The molecule has 0 aliphatic carbocycles. The minimum absolute atomic E-state index is 0.0215. The van der Waals surface area contributed by atoms with Gasteiger partial charge < -0.3 is 10.1 Å². The number of hydrogen-bond acceptors (Lipinski definition) is 4. The van der Waals surface area contributed by atoms with E-state index in [-0.39, 0.29) is 5.57 Å². The van der Waals surface area contributed by atoms with Gasteiger partial charge in [-0.3, -0.25) is 4.79 Å². The Balaban J connectivity index is 1.71. The molecular formula is C28H23ClN4O2. The number of nitriles is 1. The fourth-order valence-electron chi connectivity index (χ4n) is 3.53. The number of carbonyl (C=O) groups is 1. The molecule has 0 saturated carbocycles. The molecule has 35 heavy (non-hydrogen) atoms. The normalized spacial score (nSPS) is 11.1. The highest BCUT2D eigenvalue weighted by Crippen LogP contribution is 2.32. The molecule has 3 aromatic carbocycles.